The molecular weight excluding hydrogens is 319 g/mol. The van der Waals surface area contributed by atoms with E-state index in [0.29, 0.717) is 5.92 Å². The molecule has 1 fully saturated rings. The molecule has 88 valence electrons. The van der Waals surface area contributed by atoms with Gasteiger partial charge in [0, 0.05) is 0 Å². The molecular formula is C12H15IO3. The van der Waals surface area contributed by atoms with Gasteiger partial charge in [-0.15, -0.1) is 0 Å². The van der Waals surface area contributed by atoms with E-state index in [2.05, 4.69) is 0 Å². The van der Waals surface area contributed by atoms with E-state index in [4.69, 9.17) is 0 Å². The van der Waals surface area contributed by atoms with E-state index in [0.717, 1.165) is 18.4 Å². The van der Waals surface area contributed by atoms with Crippen LogP contribution in [-0.4, -0.2) is 5.11 Å². The molecule has 4 heteroatoms. The highest BCUT2D eigenvalue weighted by Crippen LogP contribution is 2.36. The molecule has 1 aromatic carbocycles. The molecule has 1 saturated carbocycles. The van der Waals surface area contributed by atoms with E-state index < -0.39 is 19.8 Å². The molecule has 1 aliphatic rings. The molecule has 1 N–H and O–H groups in total. The summed E-state index contributed by atoms with van der Waals surface area (Å²) in [5.41, 5.74) is 1.08. The zero-order chi connectivity index (χ0) is 11.5. The van der Waals surface area contributed by atoms with Crippen molar-refractivity contribution < 1.29 is 11.2 Å². The fourth-order valence-corrected chi connectivity index (χ4v) is 3.43. The van der Waals surface area contributed by atoms with Crippen LogP contribution >= 0.6 is 19.8 Å². The Balaban J connectivity index is 2.26. The second kappa shape index (κ2) is 5.12. The van der Waals surface area contributed by atoms with Crippen LogP contribution < -0.4 is 0 Å². The Bertz CT molecular complexity index is 438. The van der Waals surface area contributed by atoms with Crippen molar-refractivity contribution in [1.29, 1.82) is 0 Å². The number of benzene rings is 1. The summed E-state index contributed by atoms with van der Waals surface area (Å²) in [6.07, 6.45) is 6.05. The molecule has 0 atom stereocenters. The Morgan fingerprint density at radius 1 is 1.12 bits per heavy atom. The first-order valence-corrected chi connectivity index (χ1v) is 8.40. The normalized spacial score (nSPS) is 17.8. The molecule has 0 saturated heterocycles. The largest absolute Gasteiger partial charge is 0.507 e. The summed E-state index contributed by atoms with van der Waals surface area (Å²) in [7, 11) is 0. The summed E-state index contributed by atoms with van der Waals surface area (Å²) in [5, 5.41) is 9.63. The maximum atomic E-state index is 10.9. The molecule has 1 aromatic rings. The van der Waals surface area contributed by atoms with Gasteiger partial charge in [-0.05, 0) is 36.5 Å². The first-order valence-electron chi connectivity index (χ1n) is 5.56. The number of hydrogen-bond donors (Lipinski definition) is 1. The number of hydrogen-bond acceptors (Lipinski definition) is 3. The molecule has 16 heavy (non-hydrogen) atoms. The average molecular weight is 334 g/mol. The lowest BCUT2D eigenvalue weighted by Gasteiger charge is -2.22. The third-order valence-corrected chi connectivity index (χ3v) is 5.07. The Morgan fingerprint density at radius 2 is 1.81 bits per heavy atom. The maximum Gasteiger partial charge on any atom is 0.344 e. The van der Waals surface area contributed by atoms with E-state index in [1.807, 2.05) is 6.07 Å². The Labute approximate surface area is 102 Å². The molecule has 0 unspecified atom stereocenters. The van der Waals surface area contributed by atoms with Crippen molar-refractivity contribution >= 4 is 19.8 Å². The summed E-state index contributed by atoms with van der Waals surface area (Å²) in [6.45, 7) is 0. The predicted octanol–water partition coefficient (Wildman–Crippen LogP) is 3.81. The summed E-state index contributed by atoms with van der Waals surface area (Å²) in [6, 6.07) is 5.03. The summed E-state index contributed by atoms with van der Waals surface area (Å²) in [4.78, 5) is 0. The van der Waals surface area contributed by atoms with Crippen LogP contribution in [0.15, 0.2) is 18.2 Å². The topological polar surface area (TPSA) is 54.4 Å². The van der Waals surface area contributed by atoms with Gasteiger partial charge in [-0.3, -0.25) is 0 Å². The smallest absolute Gasteiger partial charge is 0.344 e. The second-order valence-electron chi connectivity index (χ2n) is 4.26. The monoisotopic (exact) mass is 334 g/mol. The van der Waals surface area contributed by atoms with Crippen LogP contribution in [-0.2, 0) is 6.14 Å². The van der Waals surface area contributed by atoms with Gasteiger partial charge >= 0.3 is 19.8 Å². The minimum Gasteiger partial charge on any atom is -0.507 e. The lowest BCUT2D eigenvalue weighted by atomic mass is 9.84. The van der Waals surface area contributed by atoms with Crippen molar-refractivity contribution in [2.45, 2.75) is 38.0 Å². The van der Waals surface area contributed by atoms with Crippen LogP contribution in [0, 0.1) is 3.57 Å². The third-order valence-electron chi connectivity index (χ3n) is 3.21. The molecule has 0 heterocycles. The maximum absolute atomic E-state index is 10.9. The van der Waals surface area contributed by atoms with Crippen LogP contribution in [0.2, 0.25) is 0 Å². The van der Waals surface area contributed by atoms with Crippen molar-refractivity contribution in [2.75, 3.05) is 0 Å². The first-order chi connectivity index (χ1) is 7.68. The van der Waals surface area contributed by atoms with Crippen molar-refractivity contribution in [3.8, 4) is 5.75 Å². The van der Waals surface area contributed by atoms with Crippen LogP contribution in [0.3, 0.4) is 0 Å². The number of aromatic hydroxyl groups is 1. The molecule has 0 aromatic heterocycles. The van der Waals surface area contributed by atoms with Gasteiger partial charge in [0.1, 0.15) is 9.32 Å². The van der Waals surface area contributed by atoms with E-state index >= 15 is 0 Å². The van der Waals surface area contributed by atoms with Crippen molar-refractivity contribution in [3.05, 3.63) is 27.3 Å². The predicted molar refractivity (Wildman–Crippen MR) is 68.0 cm³/mol. The van der Waals surface area contributed by atoms with Crippen LogP contribution in [0.5, 0.6) is 5.75 Å². The van der Waals surface area contributed by atoms with Crippen molar-refractivity contribution in [3.63, 3.8) is 0 Å². The molecule has 0 spiro atoms. The van der Waals surface area contributed by atoms with Crippen molar-refractivity contribution in [1.82, 2.24) is 0 Å². The molecule has 2 rings (SSSR count). The highest BCUT2D eigenvalue weighted by Gasteiger charge is 2.17. The Kier molecular flexibility index (Phi) is 3.78. The number of phenolic OH excluding ortho intramolecular Hbond substituents is 1. The summed E-state index contributed by atoms with van der Waals surface area (Å²) in [5.74, 6) is 0.424. The van der Waals surface area contributed by atoms with Gasteiger partial charge in [-0.25, -0.2) is 6.14 Å². The molecule has 0 bridgehead atoms. The van der Waals surface area contributed by atoms with Gasteiger partial charge in [0.15, 0.2) is 0 Å². The van der Waals surface area contributed by atoms with Crippen LogP contribution in [0.1, 0.15) is 43.6 Å². The van der Waals surface area contributed by atoms with E-state index in [1.165, 1.54) is 19.3 Å². The SMILES string of the molecule is O=I(=O)c1ccc(C2CCCCC2)cc1O. The third kappa shape index (κ3) is 2.53. The number of phenols is 1. The van der Waals surface area contributed by atoms with Crippen LogP contribution in [0.25, 0.3) is 0 Å². The minimum atomic E-state index is -3.55. The Morgan fingerprint density at radius 3 is 2.38 bits per heavy atom. The standard InChI is InChI=1S/C12H15IO3/c14-12-8-10(6-7-11(12)13(15)16)9-4-2-1-3-5-9/h6-9,14H,1-5H2. The highest BCUT2D eigenvalue weighted by molar-refractivity contribution is 14.2. The van der Waals surface area contributed by atoms with Crippen LogP contribution in [0.4, 0.5) is 0 Å². The van der Waals surface area contributed by atoms with E-state index in [9.17, 15) is 11.2 Å². The zero-order valence-corrected chi connectivity index (χ0v) is 11.1. The van der Waals surface area contributed by atoms with E-state index in [1.54, 1.807) is 12.1 Å². The second-order valence-corrected chi connectivity index (χ2v) is 6.67. The van der Waals surface area contributed by atoms with Gasteiger partial charge in [-0.2, -0.15) is 0 Å². The van der Waals surface area contributed by atoms with Gasteiger partial charge in [0.2, 0.25) is 0 Å². The van der Waals surface area contributed by atoms with Gasteiger partial charge < -0.3 is 5.11 Å². The van der Waals surface area contributed by atoms with Gasteiger partial charge in [0.05, 0.1) is 0 Å². The number of rotatable bonds is 2. The minimum absolute atomic E-state index is 0.0710. The molecule has 0 aliphatic heterocycles. The highest BCUT2D eigenvalue weighted by atomic mass is 127. The zero-order valence-electron chi connectivity index (χ0n) is 8.99. The fourth-order valence-electron chi connectivity index (χ4n) is 2.35. The molecule has 0 amide bonds. The van der Waals surface area contributed by atoms with Gasteiger partial charge in [0.25, 0.3) is 0 Å². The summed E-state index contributed by atoms with van der Waals surface area (Å²) < 4.78 is 21.9. The average Bonchev–Trinajstić information content (AvgIpc) is 2.29. The molecule has 1 aliphatic carbocycles. The van der Waals surface area contributed by atoms with Crippen molar-refractivity contribution in [2.24, 2.45) is 0 Å². The van der Waals surface area contributed by atoms with Gasteiger partial charge in [-0.1, -0.05) is 25.3 Å². The summed E-state index contributed by atoms with van der Waals surface area (Å²) >= 11 is -3.55. The lowest BCUT2D eigenvalue weighted by molar-refractivity contribution is 0.437. The number of halogens is 1. The Hall–Kier alpha value is -0.650. The molecule has 0 radical (unpaired) electrons. The molecule has 3 nitrogen and oxygen atoms in total. The lowest BCUT2D eigenvalue weighted by Crippen LogP contribution is -2.04. The van der Waals surface area contributed by atoms with E-state index in [-0.39, 0.29) is 9.32 Å². The fraction of sp³-hybridized carbons (Fsp3) is 0.500. The quantitative estimate of drug-likeness (QED) is 0.837. The first kappa shape index (κ1) is 11.8.